The van der Waals surface area contributed by atoms with E-state index < -0.39 is 28.7 Å². The van der Waals surface area contributed by atoms with E-state index in [4.69, 9.17) is 0 Å². The number of alkyl halides is 3. The molecular formula is C21H22F3N3O4S. The van der Waals surface area contributed by atoms with E-state index in [9.17, 15) is 31.2 Å². The van der Waals surface area contributed by atoms with Crippen LogP contribution in [0.3, 0.4) is 0 Å². The highest BCUT2D eigenvalue weighted by Gasteiger charge is 2.28. The predicted molar refractivity (Wildman–Crippen MR) is 112 cm³/mol. The molecular weight excluding hydrogens is 447 g/mol. The van der Waals surface area contributed by atoms with Crippen molar-refractivity contribution >= 4 is 27.5 Å². The monoisotopic (exact) mass is 469 g/mol. The lowest BCUT2D eigenvalue weighted by atomic mass is 10.1. The van der Waals surface area contributed by atoms with E-state index in [-0.39, 0.29) is 27.6 Å². The summed E-state index contributed by atoms with van der Waals surface area (Å²) in [5, 5.41) is 1.72. The zero-order chi connectivity index (χ0) is 23.5. The molecule has 32 heavy (non-hydrogen) atoms. The maximum atomic E-state index is 12.9. The number of amides is 2. The Kier molecular flexibility index (Phi) is 6.77. The summed E-state index contributed by atoms with van der Waals surface area (Å²) >= 11 is 0. The van der Waals surface area contributed by atoms with Crippen LogP contribution in [0.5, 0.6) is 0 Å². The van der Waals surface area contributed by atoms with Crippen molar-refractivity contribution in [2.24, 2.45) is 0 Å². The van der Waals surface area contributed by atoms with Crippen LogP contribution in [0.15, 0.2) is 47.4 Å². The Labute approximate surface area is 183 Å². The molecule has 2 aromatic rings. The second-order valence-electron chi connectivity index (χ2n) is 7.42. The Morgan fingerprint density at radius 2 is 1.66 bits per heavy atom. The molecule has 1 aliphatic rings. The van der Waals surface area contributed by atoms with Gasteiger partial charge < -0.3 is 10.2 Å². The highest BCUT2D eigenvalue weighted by molar-refractivity contribution is 7.92. The molecule has 2 N–H and O–H groups in total. The van der Waals surface area contributed by atoms with E-state index in [0.717, 1.165) is 37.1 Å². The topological polar surface area (TPSA) is 95.6 Å². The molecule has 0 spiro atoms. The van der Waals surface area contributed by atoms with Gasteiger partial charge in [0.25, 0.3) is 21.8 Å². The molecule has 2 aromatic carbocycles. The number of sulfonamides is 1. The Balaban J connectivity index is 1.80. The van der Waals surface area contributed by atoms with Crippen molar-refractivity contribution in [3.63, 3.8) is 0 Å². The van der Waals surface area contributed by atoms with Gasteiger partial charge in [-0.2, -0.15) is 13.2 Å². The zero-order valence-corrected chi connectivity index (χ0v) is 18.0. The maximum absolute atomic E-state index is 12.9. The van der Waals surface area contributed by atoms with E-state index in [1.807, 2.05) is 0 Å². The van der Waals surface area contributed by atoms with Crippen LogP contribution in [0.4, 0.5) is 18.9 Å². The van der Waals surface area contributed by atoms with Gasteiger partial charge in [0.05, 0.1) is 16.1 Å². The van der Waals surface area contributed by atoms with Crippen molar-refractivity contribution in [2.45, 2.75) is 30.8 Å². The zero-order valence-electron chi connectivity index (χ0n) is 17.2. The molecule has 0 atom stereocenters. The number of carbonyl (C=O) groups excluding carboxylic acids is 2. The lowest BCUT2D eigenvalue weighted by Gasteiger charge is -2.20. The van der Waals surface area contributed by atoms with Crippen molar-refractivity contribution in [1.82, 2.24) is 10.2 Å². The Bertz CT molecular complexity index is 1110. The summed E-state index contributed by atoms with van der Waals surface area (Å²) in [6.45, 7) is 1.44. The third kappa shape index (κ3) is 5.58. The average molecular weight is 469 g/mol. The first-order valence-corrected chi connectivity index (χ1v) is 11.3. The number of likely N-dealkylation sites (tertiary alicyclic amines) is 1. The summed E-state index contributed by atoms with van der Waals surface area (Å²) in [4.78, 5) is 26.2. The SMILES string of the molecule is Cc1cccc(NS(=O)(=O)c2ccc(C(=O)NCC(F)(F)F)cc2)c1C(=O)N1CCCC1. The van der Waals surface area contributed by atoms with Gasteiger partial charge in [-0.05, 0) is 55.7 Å². The number of nitrogens with one attached hydrogen (secondary N) is 2. The minimum absolute atomic E-state index is 0.117. The molecule has 0 saturated carbocycles. The summed E-state index contributed by atoms with van der Waals surface area (Å²) in [7, 11) is -4.12. The lowest BCUT2D eigenvalue weighted by Crippen LogP contribution is -2.33. The third-order valence-corrected chi connectivity index (χ3v) is 6.38. The van der Waals surface area contributed by atoms with Gasteiger partial charge in [-0.15, -0.1) is 0 Å². The normalized spacial score (nSPS) is 14.3. The summed E-state index contributed by atoms with van der Waals surface area (Å²) in [6.07, 6.45) is -2.77. The molecule has 7 nitrogen and oxygen atoms in total. The van der Waals surface area contributed by atoms with Crippen LogP contribution in [0, 0.1) is 6.92 Å². The van der Waals surface area contributed by atoms with E-state index in [0.29, 0.717) is 18.7 Å². The van der Waals surface area contributed by atoms with Gasteiger partial charge >= 0.3 is 6.18 Å². The summed E-state index contributed by atoms with van der Waals surface area (Å²) in [5.74, 6) is -1.23. The first-order valence-electron chi connectivity index (χ1n) is 9.85. The van der Waals surface area contributed by atoms with Crippen LogP contribution in [-0.4, -0.2) is 50.9 Å². The quantitative estimate of drug-likeness (QED) is 0.679. The number of anilines is 1. The number of hydrogen-bond acceptors (Lipinski definition) is 4. The molecule has 172 valence electrons. The van der Waals surface area contributed by atoms with Crippen LogP contribution in [0.1, 0.15) is 39.1 Å². The average Bonchev–Trinajstić information content (AvgIpc) is 3.26. The van der Waals surface area contributed by atoms with Gasteiger partial charge in [-0.1, -0.05) is 12.1 Å². The highest BCUT2D eigenvalue weighted by Crippen LogP contribution is 2.26. The fraction of sp³-hybridized carbons (Fsp3) is 0.333. The Morgan fingerprint density at radius 1 is 1.03 bits per heavy atom. The maximum Gasteiger partial charge on any atom is 0.405 e. The van der Waals surface area contributed by atoms with Gasteiger partial charge in [0.15, 0.2) is 0 Å². The lowest BCUT2D eigenvalue weighted by molar-refractivity contribution is -0.123. The van der Waals surface area contributed by atoms with Crippen LogP contribution >= 0.6 is 0 Å². The van der Waals surface area contributed by atoms with Crippen molar-refractivity contribution in [3.05, 3.63) is 59.2 Å². The second kappa shape index (κ2) is 9.19. The molecule has 1 saturated heterocycles. The highest BCUT2D eigenvalue weighted by atomic mass is 32.2. The first kappa shape index (κ1) is 23.6. The molecule has 1 fully saturated rings. The molecule has 0 aliphatic carbocycles. The Hall–Kier alpha value is -3.08. The molecule has 2 amide bonds. The van der Waals surface area contributed by atoms with Crippen molar-refractivity contribution in [1.29, 1.82) is 0 Å². The number of rotatable bonds is 6. The number of halogens is 3. The van der Waals surface area contributed by atoms with Crippen LogP contribution in [-0.2, 0) is 10.0 Å². The van der Waals surface area contributed by atoms with Crippen molar-refractivity contribution < 1.29 is 31.2 Å². The van der Waals surface area contributed by atoms with Crippen LogP contribution < -0.4 is 10.0 Å². The number of hydrogen-bond donors (Lipinski definition) is 2. The molecule has 1 heterocycles. The number of nitrogens with zero attached hydrogens (tertiary/aromatic N) is 1. The second-order valence-corrected chi connectivity index (χ2v) is 9.11. The fourth-order valence-electron chi connectivity index (χ4n) is 3.39. The number of carbonyl (C=O) groups is 2. The molecule has 1 aliphatic heterocycles. The summed E-state index contributed by atoms with van der Waals surface area (Å²) in [6, 6.07) is 9.30. The van der Waals surface area contributed by atoms with E-state index in [2.05, 4.69) is 4.72 Å². The smallest absolute Gasteiger partial charge is 0.343 e. The van der Waals surface area contributed by atoms with E-state index in [1.54, 1.807) is 29.3 Å². The fourth-order valence-corrected chi connectivity index (χ4v) is 4.46. The minimum Gasteiger partial charge on any atom is -0.343 e. The van der Waals surface area contributed by atoms with Crippen LogP contribution in [0.25, 0.3) is 0 Å². The standard InChI is InChI=1S/C21H22F3N3O4S/c1-14-5-4-6-17(18(14)20(29)27-11-2-3-12-27)26-32(30,31)16-9-7-15(8-10-16)19(28)25-13-21(22,23)24/h4-10,26H,2-3,11-13H2,1H3,(H,25,28). The van der Waals surface area contributed by atoms with Crippen molar-refractivity contribution in [2.75, 3.05) is 24.4 Å². The van der Waals surface area contributed by atoms with E-state index in [1.165, 1.54) is 6.07 Å². The molecule has 3 rings (SSSR count). The molecule has 0 unspecified atom stereocenters. The third-order valence-electron chi connectivity index (χ3n) is 5.00. The molecule has 0 bridgehead atoms. The number of benzene rings is 2. The minimum atomic E-state index is -4.55. The Morgan fingerprint density at radius 3 is 2.25 bits per heavy atom. The first-order chi connectivity index (χ1) is 15.0. The largest absolute Gasteiger partial charge is 0.405 e. The van der Waals surface area contributed by atoms with Gasteiger partial charge in [-0.25, -0.2) is 8.42 Å². The molecule has 0 aromatic heterocycles. The van der Waals surface area contributed by atoms with Gasteiger partial charge in [0.2, 0.25) is 0 Å². The van der Waals surface area contributed by atoms with Crippen molar-refractivity contribution in [3.8, 4) is 0 Å². The predicted octanol–water partition coefficient (Wildman–Crippen LogP) is 3.32. The van der Waals surface area contributed by atoms with Gasteiger partial charge in [0.1, 0.15) is 6.54 Å². The number of aryl methyl sites for hydroxylation is 1. The molecule has 11 heteroatoms. The van der Waals surface area contributed by atoms with E-state index >= 15 is 0 Å². The van der Waals surface area contributed by atoms with Gasteiger partial charge in [-0.3, -0.25) is 14.3 Å². The summed E-state index contributed by atoms with van der Waals surface area (Å²) < 4.78 is 64.9. The summed E-state index contributed by atoms with van der Waals surface area (Å²) in [5.41, 5.74) is 0.905. The van der Waals surface area contributed by atoms with Gasteiger partial charge in [0, 0.05) is 18.7 Å². The molecule has 0 radical (unpaired) electrons. The van der Waals surface area contributed by atoms with Crippen LogP contribution in [0.2, 0.25) is 0 Å².